The highest BCUT2D eigenvalue weighted by atomic mass is 15.2. The van der Waals surface area contributed by atoms with E-state index in [1.165, 1.54) is 12.8 Å². The molecule has 2 rings (SSSR count). The second-order valence-corrected chi connectivity index (χ2v) is 5.49. The van der Waals surface area contributed by atoms with Gasteiger partial charge >= 0.3 is 0 Å². The molecule has 0 amide bonds. The molecule has 18 heavy (non-hydrogen) atoms. The van der Waals surface area contributed by atoms with E-state index in [0.29, 0.717) is 12.0 Å². The van der Waals surface area contributed by atoms with E-state index in [-0.39, 0.29) is 5.84 Å². The zero-order chi connectivity index (χ0) is 13.3. The summed E-state index contributed by atoms with van der Waals surface area (Å²) >= 11 is 0. The second-order valence-electron chi connectivity index (χ2n) is 5.49. The molecule has 3 N–H and O–H groups in total. The number of nitrogens with one attached hydrogen (secondary N) is 1. The first-order valence-corrected chi connectivity index (χ1v) is 6.72. The Hall–Kier alpha value is -1.51. The zero-order valence-electron chi connectivity index (χ0n) is 11.5. The van der Waals surface area contributed by atoms with Crippen LogP contribution in [0.5, 0.6) is 0 Å². The summed E-state index contributed by atoms with van der Waals surface area (Å²) in [5, 5.41) is 7.76. The molecule has 0 bridgehead atoms. The number of piperidine rings is 1. The molecule has 2 atom stereocenters. The van der Waals surface area contributed by atoms with Crippen molar-refractivity contribution in [2.45, 2.75) is 39.7 Å². The number of nitrogens with zero attached hydrogens (tertiary/aromatic N) is 1. The average molecular weight is 245 g/mol. The number of amidine groups is 1. The maximum Gasteiger partial charge on any atom is 0.124 e. The van der Waals surface area contributed by atoms with Crippen LogP contribution in [0.1, 0.15) is 37.8 Å². The van der Waals surface area contributed by atoms with Gasteiger partial charge in [-0.3, -0.25) is 5.41 Å². The maximum atomic E-state index is 7.76. The summed E-state index contributed by atoms with van der Waals surface area (Å²) in [6.45, 7) is 7.68. The summed E-state index contributed by atoms with van der Waals surface area (Å²) in [6.07, 6.45) is 2.51. The summed E-state index contributed by atoms with van der Waals surface area (Å²) in [5.74, 6) is 0.860. The largest absolute Gasteiger partial charge is 0.384 e. The van der Waals surface area contributed by atoms with Crippen molar-refractivity contribution in [3.63, 3.8) is 0 Å². The lowest BCUT2D eigenvalue weighted by Crippen LogP contribution is -2.43. The summed E-state index contributed by atoms with van der Waals surface area (Å²) in [5.41, 5.74) is 8.87. The van der Waals surface area contributed by atoms with Crippen LogP contribution in [0.15, 0.2) is 18.2 Å². The molecule has 0 aliphatic carbocycles. The van der Waals surface area contributed by atoms with E-state index < -0.39 is 0 Å². The van der Waals surface area contributed by atoms with Crippen molar-refractivity contribution in [3.8, 4) is 0 Å². The molecule has 98 valence electrons. The van der Waals surface area contributed by atoms with Crippen LogP contribution in [0, 0.1) is 18.3 Å². The molecule has 1 aliphatic heterocycles. The SMILES string of the molecule is Cc1ccc(N2CCCC(C)C2C)c(C(=N)N)c1. The lowest BCUT2D eigenvalue weighted by Gasteiger charge is -2.40. The first-order chi connectivity index (χ1) is 8.50. The average Bonchev–Trinajstić information content (AvgIpc) is 2.33. The highest BCUT2D eigenvalue weighted by molar-refractivity contribution is 6.00. The number of hydrogen-bond donors (Lipinski definition) is 2. The first-order valence-electron chi connectivity index (χ1n) is 6.72. The second kappa shape index (κ2) is 5.01. The molecular weight excluding hydrogens is 222 g/mol. The van der Waals surface area contributed by atoms with Gasteiger partial charge in [0.15, 0.2) is 0 Å². The Labute approximate surface area is 109 Å². The fourth-order valence-electron chi connectivity index (χ4n) is 2.79. The number of benzene rings is 1. The maximum absolute atomic E-state index is 7.76. The fourth-order valence-corrected chi connectivity index (χ4v) is 2.79. The van der Waals surface area contributed by atoms with Crippen LogP contribution in [0.3, 0.4) is 0 Å². The molecule has 0 saturated carbocycles. The van der Waals surface area contributed by atoms with Gasteiger partial charge in [-0.1, -0.05) is 18.6 Å². The van der Waals surface area contributed by atoms with Gasteiger partial charge < -0.3 is 10.6 Å². The van der Waals surface area contributed by atoms with Crippen LogP contribution in [-0.2, 0) is 0 Å². The van der Waals surface area contributed by atoms with Crippen molar-refractivity contribution in [3.05, 3.63) is 29.3 Å². The molecule has 1 aromatic rings. The minimum atomic E-state index is 0.166. The standard InChI is InChI=1S/C15H23N3/c1-10-6-7-14(13(9-10)15(16)17)18-8-4-5-11(2)12(18)3/h6-7,9,11-12H,4-5,8H2,1-3H3,(H3,16,17). The Balaban J connectivity index is 2.40. The molecule has 0 spiro atoms. The molecule has 0 aromatic heterocycles. The highest BCUT2D eigenvalue weighted by Gasteiger charge is 2.26. The molecule has 3 heteroatoms. The minimum absolute atomic E-state index is 0.166. The smallest absolute Gasteiger partial charge is 0.124 e. The van der Waals surface area contributed by atoms with E-state index in [9.17, 15) is 0 Å². The van der Waals surface area contributed by atoms with Crippen LogP contribution in [0.4, 0.5) is 5.69 Å². The normalized spacial score (nSPS) is 24.1. The molecule has 2 unspecified atom stereocenters. The van der Waals surface area contributed by atoms with Gasteiger partial charge in [-0.15, -0.1) is 0 Å². The van der Waals surface area contributed by atoms with E-state index in [0.717, 1.165) is 23.4 Å². The van der Waals surface area contributed by atoms with Crippen molar-refractivity contribution in [1.29, 1.82) is 5.41 Å². The van der Waals surface area contributed by atoms with Crippen LogP contribution in [0.2, 0.25) is 0 Å². The van der Waals surface area contributed by atoms with Gasteiger partial charge in [-0.25, -0.2) is 0 Å². The lowest BCUT2D eigenvalue weighted by atomic mass is 9.91. The van der Waals surface area contributed by atoms with Crippen LogP contribution >= 0.6 is 0 Å². The highest BCUT2D eigenvalue weighted by Crippen LogP contribution is 2.31. The van der Waals surface area contributed by atoms with Crippen LogP contribution < -0.4 is 10.6 Å². The Morgan fingerprint density at radius 1 is 1.39 bits per heavy atom. The van der Waals surface area contributed by atoms with E-state index in [1.807, 2.05) is 13.0 Å². The Kier molecular flexibility index (Phi) is 3.60. The van der Waals surface area contributed by atoms with Crippen molar-refractivity contribution >= 4 is 11.5 Å². The van der Waals surface area contributed by atoms with Gasteiger partial charge in [-0.2, -0.15) is 0 Å². The summed E-state index contributed by atoms with van der Waals surface area (Å²) in [4.78, 5) is 2.41. The van der Waals surface area contributed by atoms with E-state index in [4.69, 9.17) is 11.1 Å². The van der Waals surface area contributed by atoms with Crippen LogP contribution in [-0.4, -0.2) is 18.4 Å². The molecule has 1 aliphatic rings. The third-order valence-corrected chi connectivity index (χ3v) is 4.13. The summed E-state index contributed by atoms with van der Waals surface area (Å²) < 4.78 is 0. The number of rotatable bonds is 2. The van der Waals surface area contributed by atoms with Gasteiger partial charge in [0.05, 0.1) is 0 Å². The van der Waals surface area contributed by atoms with Gasteiger partial charge in [0.25, 0.3) is 0 Å². The molecule has 1 saturated heterocycles. The predicted molar refractivity (Wildman–Crippen MR) is 77.4 cm³/mol. The third kappa shape index (κ3) is 2.35. The van der Waals surface area contributed by atoms with Gasteiger partial charge in [0, 0.05) is 23.8 Å². The van der Waals surface area contributed by atoms with E-state index in [2.05, 4.69) is 30.9 Å². The summed E-state index contributed by atoms with van der Waals surface area (Å²) in [6, 6.07) is 6.75. The molecule has 3 nitrogen and oxygen atoms in total. The van der Waals surface area contributed by atoms with Crippen LogP contribution in [0.25, 0.3) is 0 Å². The number of aryl methyl sites for hydroxylation is 1. The predicted octanol–water partition coefficient (Wildman–Crippen LogP) is 2.90. The number of nitrogens with two attached hydrogens (primary N) is 1. The fraction of sp³-hybridized carbons (Fsp3) is 0.533. The van der Waals surface area contributed by atoms with E-state index in [1.54, 1.807) is 0 Å². The van der Waals surface area contributed by atoms with Crippen molar-refractivity contribution in [2.24, 2.45) is 11.7 Å². The number of hydrogen-bond acceptors (Lipinski definition) is 2. The Morgan fingerprint density at radius 3 is 2.78 bits per heavy atom. The Bertz CT molecular complexity index is 453. The molecular formula is C15H23N3. The first kappa shape index (κ1) is 12.9. The number of nitrogen functional groups attached to an aromatic ring is 1. The molecule has 0 radical (unpaired) electrons. The lowest BCUT2D eigenvalue weighted by molar-refractivity contribution is 0.363. The van der Waals surface area contributed by atoms with Gasteiger partial charge in [-0.05, 0) is 44.7 Å². The van der Waals surface area contributed by atoms with Crippen molar-refractivity contribution < 1.29 is 0 Å². The van der Waals surface area contributed by atoms with Crippen molar-refractivity contribution in [1.82, 2.24) is 0 Å². The minimum Gasteiger partial charge on any atom is -0.384 e. The van der Waals surface area contributed by atoms with Gasteiger partial charge in [0.2, 0.25) is 0 Å². The molecule has 1 aromatic carbocycles. The van der Waals surface area contributed by atoms with E-state index >= 15 is 0 Å². The van der Waals surface area contributed by atoms with Gasteiger partial charge in [0.1, 0.15) is 5.84 Å². The quantitative estimate of drug-likeness (QED) is 0.622. The summed E-state index contributed by atoms with van der Waals surface area (Å²) in [7, 11) is 0. The number of anilines is 1. The molecule has 1 fully saturated rings. The Morgan fingerprint density at radius 2 is 2.11 bits per heavy atom. The third-order valence-electron chi connectivity index (χ3n) is 4.13. The monoisotopic (exact) mass is 245 g/mol. The topological polar surface area (TPSA) is 53.1 Å². The molecule has 1 heterocycles. The van der Waals surface area contributed by atoms with Crippen molar-refractivity contribution in [2.75, 3.05) is 11.4 Å². The zero-order valence-corrected chi connectivity index (χ0v) is 11.5.